The van der Waals surface area contributed by atoms with E-state index in [4.69, 9.17) is 16.3 Å². The van der Waals surface area contributed by atoms with Crippen LogP contribution in [0.2, 0.25) is 5.02 Å². The number of nitrogens with one attached hydrogen (secondary N) is 1. The van der Waals surface area contributed by atoms with Crippen LogP contribution in [0.1, 0.15) is 38.5 Å². The molecule has 2 N–H and O–H groups in total. The van der Waals surface area contributed by atoms with Gasteiger partial charge in [0.2, 0.25) is 0 Å². The van der Waals surface area contributed by atoms with Gasteiger partial charge in [0, 0.05) is 11.6 Å². The van der Waals surface area contributed by atoms with Crippen molar-refractivity contribution < 1.29 is 14.6 Å². The van der Waals surface area contributed by atoms with E-state index in [1.54, 1.807) is 17.0 Å². The quantitative estimate of drug-likeness (QED) is 0.851. The Kier molecular flexibility index (Phi) is 4.78. The van der Waals surface area contributed by atoms with Gasteiger partial charge in [-0.05, 0) is 62.1 Å². The summed E-state index contributed by atoms with van der Waals surface area (Å²) >= 11 is 6.11. The topological polar surface area (TPSA) is 61.8 Å². The van der Waals surface area contributed by atoms with Gasteiger partial charge in [0.1, 0.15) is 5.75 Å². The number of aliphatic hydroxyl groups is 1. The fraction of sp³-hybridized carbons (Fsp3) is 0.632. The van der Waals surface area contributed by atoms with Gasteiger partial charge < -0.3 is 20.1 Å². The van der Waals surface area contributed by atoms with E-state index in [2.05, 4.69) is 5.32 Å². The molecule has 3 atom stereocenters. The highest BCUT2D eigenvalue weighted by Crippen LogP contribution is 2.39. The Hall–Kier alpha value is -1.46. The number of carbonyl (C=O) groups is 1. The van der Waals surface area contributed by atoms with E-state index in [0.717, 1.165) is 19.3 Å². The Bertz CT molecular complexity index is 650. The van der Waals surface area contributed by atoms with Crippen LogP contribution in [0.5, 0.6) is 5.75 Å². The van der Waals surface area contributed by atoms with Crippen molar-refractivity contribution in [1.29, 1.82) is 0 Å². The number of ether oxygens (including phenoxy) is 1. The minimum atomic E-state index is -0.410. The van der Waals surface area contributed by atoms with E-state index in [1.165, 1.54) is 19.3 Å². The lowest BCUT2D eigenvalue weighted by atomic mass is 9.86. The third-order valence-electron chi connectivity index (χ3n) is 5.95. The fourth-order valence-electron chi connectivity index (χ4n) is 4.29. The zero-order chi connectivity index (χ0) is 17.4. The summed E-state index contributed by atoms with van der Waals surface area (Å²) in [5, 5.41) is 13.7. The summed E-state index contributed by atoms with van der Waals surface area (Å²) in [4.78, 5) is 14.6. The number of nitrogens with zero attached hydrogens (tertiary/aromatic N) is 1. The van der Waals surface area contributed by atoms with Crippen molar-refractivity contribution in [2.45, 2.75) is 50.7 Å². The second-order valence-electron chi connectivity index (χ2n) is 7.56. The van der Waals surface area contributed by atoms with Crippen LogP contribution in [0.4, 0.5) is 10.5 Å². The number of anilines is 1. The van der Waals surface area contributed by atoms with Gasteiger partial charge in [-0.1, -0.05) is 18.0 Å². The van der Waals surface area contributed by atoms with Crippen LogP contribution >= 0.6 is 11.6 Å². The lowest BCUT2D eigenvalue weighted by Crippen LogP contribution is -2.44. The van der Waals surface area contributed by atoms with Crippen LogP contribution in [-0.2, 0) is 0 Å². The van der Waals surface area contributed by atoms with Gasteiger partial charge in [-0.15, -0.1) is 0 Å². The van der Waals surface area contributed by atoms with Crippen molar-refractivity contribution in [3.63, 3.8) is 0 Å². The average Bonchev–Trinajstić information content (AvgIpc) is 3.11. The number of hydrogen-bond acceptors (Lipinski definition) is 3. The molecular weight excluding hydrogens is 340 g/mol. The van der Waals surface area contributed by atoms with E-state index in [-0.39, 0.29) is 12.1 Å². The maximum atomic E-state index is 12.8. The van der Waals surface area contributed by atoms with Gasteiger partial charge in [0.25, 0.3) is 0 Å². The maximum Gasteiger partial charge on any atom is 0.322 e. The third kappa shape index (κ3) is 3.44. The minimum Gasteiger partial charge on any atom is -0.491 e. The predicted octanol–water partition coefficient (Wildman–Crippen LogP) is 3.90. The molecule has 2 saturated carbocycles. The van der Waals surface area contributed by atoms with Gasteiger partial charge in [-0.25, -0.2) is 4.79 Å². The lowest BCUT2D eigenvalue weighted by Gasteiger charge is -2.28. The van der Waals surface area contributed by atoms with Crippen molar-refractivity contribution >= 4 is 23.3 Å². The van der Waals surface area contributed by atoms with E-state index < -0.39 is 6.10 Å². The molecular formula is C19H25ClN2O3. The Morgan fingerprint density at radius 2 is 2.12 bits per heavy atom. The highest BCUT2D eigenvalue weighted by Gasteiger charge is 2.45. The molecule has 1 saturated heterocycles. The number of halogens is 1. The standard InChI is InChI=1S/C19H25ClN2O3/c20-14-5-7-17(25-11-12-2-1-3-12)15(10-14)21-19(24)22-9-8-13-4-6-16(23)18(13)22/h5,7,10,12-13,16,18,23H,1-4,6,8-9,11H2,(H,21,24)/t13-,16+,18+/m0/s1. The average molecular weight is 365 g/mol. The summed E-state index contributed by atoms with van der Waals surface area (Å²) in [6, 6.07) is 5.09. The molecule has 1 aromatic carbocycles. The molecule has 0 unspecified atom stereocenters. The molecule has 0 bridgehead atoms. The van der Waals surface area contributed by atoms with E-state index in [1.807, 2.05) is 6.07 Å². The number of likely N-dealkylation sites (tertiary alicyclic amines) is 1. The molecule has 25 heavy (non-hydrogen) atoms. The molecule has 136 valence electrons. The number of benzene rings is 1. The Labute approximate surface area is 153 Å². The first-order valence-corrected chi connectivity index (χ1v) is 9.67. The smallest absolute Gasteiger partial charge is 0.322 e. The summed E-state index contributed by atoms with van der Waals surface area (Å²) < 4.78 is 5.93. The highest BCUT2D eigenvalue weighted by atomic mass is 35.5. The molecule has 0 radical (unpaired) electrons. The molecule has 0 aromatic heterocycles. The Morgan fingerprint density at radius 1 is 1.28 bits per heavy atom. The van der Waals surface area contributed by atoms with Crippen LogP contribution in [0.25, 0.3) is 0 Å². The summed E-state index contributed by atoms with van der Waals surface area (Å²) in [6.45, 7) is 1.37. The molecule has 1 heterocycles. The molecule has 1 aromatic rings. The molecule has 3 fully saturated rings. The number of hydrogen-bond donors (Lipinski definition) is 2. The van der Waals surface area contributed by atoms with Crippen molar-refractivity contribution in [1.82, 2.24) is 4.90 Å². The SMILES string of the molecule is O=C(Nc1cc(Cl)ccc1OCC1CCC1)N1CC[C@@H]2CC[C@@H](O)[C@@H]21. The third-order valence-corrected chi connectivity index (χ3v) is 6.19. The summed E-state index contributed by atoms with van der Waals surface area (Å²) in [5.41, 5.74) is 0.604. The number of carbonyl (C=O) groups excluding carboxylic acids is 1. The molecule has 2 amide bonds. The maximum absolute atomic E-state index is 12.8. The Morgan fingerprint density at radius 3 is 2.88 bits per heavy atom. The molecule has 4 rings (SSSR count). The first-order chi connectivity index (χ1) is 12.1. The van der Waals surface area contributed by atoms with Crippen molar-refractivity contribution in [2.24, 2.45) is 11.8 Å². The van der Waals surface area contributed by atoms with Crippen LogP contribution in [-0.4, -0.2) is 41.3 Å². The van der Waals surface area contributed by atoms with Crippen LogP contribution in [0.3, 0.4) is 0 Å². The minimum absolute atomic E-state index is 0.0569. The summed E-state index contributed by atoms with van der Waals surface area (Å²) in [5.74, 6) is 1.70. The molecule has 1 aliphatic heterocycles. The number of rotatable bonds is 4. The summed E-state index contributed by atoms with van der Waals surface area (Å²) in [6.07, 6.45) is 6.04. The lowest BCUT2D eigenvalue weighted by molar-refractivity contribution is 0.101. The van der Waals surface area contributed by atoms with Crippen molar-refractivity contribution in [3.05, 3.63) is 23.2 Å². The zero-order valence-corrected chi connectivity index (χ0v) is 15.0. The number of fused-ring (bicyclic) bond motifs is 1. The first-order valence-electron chi connectivity index (χ1n) is 9.30. The monoisotopic (exact) mass is 364 g/mol. The molecule has 2 aliphatic carbocycles. The molecule has 0 spiro atoms. The second kappa shape index (κ2) is 7.04. The molecule has 6 heteroatoms. The van der Waals surface area contributed by atoms with Gasteiger partial charge in [-0.3, -0.25) is 0 Å². The number of aliphatic hydroxyl groups excluding tert-OH is 1. The highest BCUT2D eigenvalue weighted by molar-refractivity contribution is 6.31. The van der Waals surface area contributed by atoms with E-state index in [9.17, 15) is 9.90 Å². The number of amides is 2. The van der Waals surface area contributed by atoms with Gasteiger partial charge >= 0.3 is 6.03 Å². The normalized spacial score (nSPS) is 28.6. The number of urea groups is 1. The largest absolute Gasteiger partial charge is 0.491 e. The van der Waals surface area contributed by atoms with Crippen LogP contribution in [0, 0.1) is 11.8 Å². The second-order valence-corrected chi connectivity index (χ2v) is 7.99. The van der Waals surface area contributed by atoms with E-state index >= 15 is 0 Å². The zero-order valence-electron chi connectivity index (χ0n) is 14.3. The predicted molar refractivity (Wildman–Crippen MR) is 97.1 cm³/mol. The Balaban J connectivity index is 1.45. The summed E-state index contributed by atoms with van der Waals surface area (Å²) in [7, 11) is 0. The molecule has 5 nitrogen and oxygen atoms in total. The fourth-order valence-corrected chi connectivity index (χ4v) is 4.46. The first kappa shape index (κ1) is 17.0. The van der Waals surface area contributed by atoms with Crippen molar-refractivity contribution in [3.8, 4) is 5.75 Å². The van der Waals surface area contributed by atoms with Crippen LogP contribution < -0.4 is 10.1 Å². The van der Waals surface area contributed by atoms with Crippen molar-refractivity contribution in [2.75, 3.05) is 18.5 Å². The molecule has 3 aliphatic rings. The van der Waals surface area contributed by atoms with E-state index in [0.29, 0.717) is 41.4 Å². The van der Waals surface area contributed by atoms with Gasteiger partial charge in [-0.2, -0.15) is 0 Å². The van der Waals surface area contributed by atoms with Gasteiger partial charge in [0.05, 0.1) is 24.4 Å². The van der Waals surface area contributed by atoms with Gasteiger partial charge in [0.15, 0.2) is 0 Å². The van der Waals surface area contributed by atoms with Crippen LogP contribution in [0.15, 0.2) is 18.2 Å².